The number of amides is 2. The van der Waals surface area contributed by atoms with Crippen LogP contribution >= 0.6 is 23.1 Å². The summed E-state index contributed by atoms with van der Waals surface area (Å²) in [5.74, 6) is 0.579. The SMILES string of the molecule is Cc1cc(C)c(-c2csc(NC(=O)[C@H]3CS[C@@]4(C)CCC(=O)N34)n2)cc1C. The third-order valence-corrected chi connectivity index (χ3v) is 7.86. The minimum absolute atomic E-state index is 0.0771. The van der Waals surface area contributed by atoms with Crippen molar-refractivity contribution in [1.82, 2.24) is 9.88 Å². The summed E-state index contributed by atoms with van der Waals surface area (Å²) in [7, 11) is 0. The number of hydrogen-bond donors (Lipinski definition) is 1. The minimum atomic E-state index is -0.411. The van der Waals surface area contributed by atoms with Crippen molar-refractivity contribution in [2.24, 2.45) is 0 Å². The number of rotatable bonds is 3. The van der Waals surface area contributed by atoms with Gasteiger partial charge in [0.15, 0.2) is 5.13 Å². The molecule has 2 amide bonds. The highest BCUT2D eigenvalue weighted by atomic mass is 32.2. The predicted octanol–water partition coefficient (Wildman–Crippen LogP) is 4.13. The number of nitrogens with zero attached hydrogens (tertiary/aromatic N) is 2. The Balaban J connectivity index is 1.53. The monoisotopic (exact) mass is 401 g/mol. The van der Waals surface area contributed by atoms with Crippen molar-refractivity contribution in [3.8, 4) is 11.3 Å². The molecule has 2 atom stereocenters. The third kappa shape index (κ3) is 3.17. The van der Waals surface area contributed by atoms with E-state index in [4.69, 9.17) is 0 Å². The molecule has 3 heterocycles. The standard InChI is InChI=1S/C20H23N3O2S2/c1-11-7-13(3)14(8-12(11)2)15-9-26-19(21-15)22-18(25)16-10-27-20(4)6-5-17(24)23(16)20/h7-9,16H,5-6,10H2,1-4H3,(H,21,22,25)/t16-,20+/m1/s1. The van der Waals surface area contributed by atoms with Gasteiger partial charge in [-0.05, 0) is 56.9 Å². The largest absolute Gasteiger partial charge is 0.315 e. The van der Waals surface area contributed by atoms with Crippen LogP contribution in [0, 0.1) is 20.8 Å². The number of carbonyl (C=O) groups excluding carboxylic acids is 2. The van der Waals surface area contributed by atoms with Gasteiger partial charge >= 0.3 is 0 Å². The molecule has 0 unspecified atom stereocenters. The molecule has 7 heteroatoms. The summed E-state index contributed by atoms with van der Waals surface area (Å²) in [5, 5.41) is 5.49. The number of aryl methyl sites for hydroxylation is 3. The van der Waals surface area contributed by atoms with Gasteiger partial charge in [0.25, 0.3) is 0 Å². The van der Waals surface area contributed by atoms with E-state index in [9.17, 15) is 9.59 Å². The van der Waals surface area contributed by atoms with Crippen LogP contribution in [-0.4, -0.2) is 38.4 Å². The van der Waals surface area contributed by atoms with Crippen LogP contribution < -0.4 is 5.32 Å². The first kappa shape index (κ1) is 18.5. The molecule has 0 bridgehead atoms. The number of anilines is 1. The van der Waals surface area contributed by atoms with Crippen LogP contribution in [0.5, 0.6) is 0 Å². The van der Waals surface area contributed by atoms with Gasteiger partial charge in [0.05, 0.1) is 10.6 Å². The summed E-state index contributed by atoms with van der Waals surface area (Å²) in [6, 6.07) is 3.90. The summed E-state index contributed by atoms with van der Waals surface area (Å²) >= 11 is 3.12. The summed E-state index contributed by atoms with van der Waals surface area (Å²) in [5.41, 5.74) is 5.63. The lowest BCUT2D eigenvalue weighted by Gasteiger charge is -2.29. The number of aromatic nitrogens is 1. The number of thiazole rings is 1. The first-order valence-corrected chi connectivity index (χ1v) is 11.0. The fourth-order valence-electron chi connectivity index (χ4n) is 3.89. The molecule has 2 aliphatic heterocycles. The number of hydrogen-bond acceptors (Lipinski definition) is 5. The van der Waals surface area contributed by atoms with Gasteiger partial charge in [-0.3, -0.25) is 9.59 Å². The molecule has 2 saturated heterocycles. The maximum Gasteiger partial charge on any atom is 0.249 e. The van der Waals surface area contributed by atoms with E-state index >= 15 is 0 Å². The van der Waals surface area contributed by atoms with Gasteiger partial charge in [-0.25, -0.2) is 4.98 Å². The van der Waals surface area contributed by atoms with Crippen LogP contribution in [0.4, 0.5) is 5.13 Å². The number of nitrogens with one attached hydrogen (secondary N) is 1. The molecule has 0 aliphatic carbocycles. The molecule has 1 aromatic carbocycles. The van der Waals surface area contributed by atoms with Gasteiger partial charge in [-0.2, -0.15) is 0 Å². The van der Waals surface area contributed by atoms with Gasteiger partial charge in [0.2, 0.25) is 11.8 Å². The van der Waals surface area contributed by atoms with E-state index in [-0.39, 0.29) is 16.7 Å². The Hall–Kier alpha value is -1.86. The number of benzene rings is 1. The van der Waals surface area contributed by atoms with E-state index in [1.54, 1.807) is 16.7 Å². The Morgan fingerprint density at radius 2 is 2.00 bits per heavy atom. The molecule has 27 heavy (non-hydrogen) atoms. The van der Waals surface area contributed by atoms with Crippen LogP contribution in [-0.2, 0) is 9.59 Å². The second-order valence-electron chi connectivity index (χ2n) is 7.54. The molecule has 5 nitrogen and oxygen atoms in total. The lowest BCUT2D eigenvalue weighted by Crippen LogP contribution is -2.48. The smallest absolute Gasteiger partial charge is 0.249 e. The van der Waals surface area contributed by atoms with E-state index in [0.29, 0.717) is 17.3 Å². The van der Waals surface area contributed by atoms with Crippen molar-refractivity contribution in [2.75, 3.05) is 11.1 Å². The van der Waals surface area contributed by atoms with Crippen LogP contribution in [0.1, 0.15) is 36.5 Å². The highest BCUT2D eigenvalue weighted by molar-refractivity contribution is 8.01. The zero-order valence-corrected chi connectivity index (χ0v) is 17.6. The molecule has 142 valence electrons. The fourth-order valence-corrected chi connectivity index (χ4v) is 6.04. The molecule has 0 saturated carbocycles. The molecule has 0 radical (unpaired) electrons. The predicted molar refractivity (Wildman–Crippen MR) is 111 cm³/mol. The topological polar surface area (TPSA) is 62.3 Å². The van der Waals surface area contributed by atoms with Gasteiger partial charge in [-0.1, -0.05) is 6.07 Å². The Kier molecular flexibility index (Phi) is 4.55. The van der Waals surface area contributed by atoms with E-state index in [1.807, 2.05) is 5.38 Å². The van der Waals surface area contributed by atoms with Crippen molar-refractivity contribution in [2.45, 2.75) is 51.4 Å². The molecule has 2 aromatic rings. The summed E-state index contributed by atoms with van der Waals surface area (Å²) in [4.78, 5) is 31.2. The first-order chi connectivity index (χ1) is 12.8. The Bertz CT molecular complexity index is 939. The summed E-state index contributed by atoms with van der Waals surface area (Å²) in [6.07, 6.45) is 1.34. The second-order valence-corrected chi connectivity index (χ2v) is 9.90. The maximum absolute atomic E-state index is 12.8. The third-order valence-electron chi connectivity index (χ3n) is 5.60. The molecule has 4 rings (SSSR count). The van der Waals surface area contributed by atoms with Gasteiger partial charge in [0, 0.05) is 23.1 Å². The molecule has 2 fully saturated rings. The van der Waals surface area contributed by atoms with Crippen molar-refractivity contribution in [3.63, 3.8) is 0 Å². The molecular weight excluding hydrogens is 378 g/mol. The highest BCUT2D eigenvalue weighted by Gasteiger charge is 2.52. The summed E-state index contributed by atoms with van der Waals surface area (Å²) in [6.45, 7) is 8.33. The van der Waals surface area contributed by atoms with Crippen LogP contribution in [0.25, 0.3) is 11.3 Å². The normalized spacial score (nSPS) is 24.4. The van der Waals surface area contributed by atoms with Crippen LogP contribution in [0.15, 0.2) is 17.5 Å². The second kappa shape index (κ2) is 6.63. The van der Waals surface area contributed by atoms with Crippen molar-refractivity contribution in [3.05, 3.63) is 34.2 Å². The van der Waals surface area contributed by atoms with Crippen LogP contribution in [0.2, 0.25) is 0 Å². The van der Waals surface area contributed by atoms with Gasteiger partial charge in [0.1, 0.15) is 6.04 Å². The quantitative estimate of drug-likeness (QED) is 0.840. The van der Waals surface area contributed by atoms with E-state index in [1.165, 1.54) is 28.0 Å². The van der Waals surface area contributed by atoms with Gasteiger partial charge < -0.3 is 10.2 Å². The zero-order chi connectivity index (χ0) is 19.3. The lowest BCUT2D eigenvalue weighted by molar-refractivity contribution is -0.135. The van der Waals surface area contributed by atoms with E-state index < -0.39 is 6.04 Å². The zero-order valence-electron chi connectivity index (χ0n) is 16.0. The van der Waals surface area contributed by atoms with E-state index in [2.05, 4.69) is 50.1 Å². The van der Waals surface area contributed by atoms with Gasteiger partial charge in [-0.15, -0.1) is 23.1 Å². The number of thioether (sulfide) groups is 1. The molecule has 1 N–H and O–H groups in total. The van der Waals surface area contributed by atoms with Crippen molar-refractivity contribution < 1.29 is 9.59 Å². The first-order valence-electron chi connectivity index (χ1n) is 9.09. The Labute approximate surface area is 167 Å². The fraction of sp³-hybridized carbons (Fsp3) is 0.450. The average Bonchev–Trinajstić information content (AvgIpc) is 3.27. The Morgan fingerprint density at radius 1 is 1.26 bits per heavy atom. The van der Waals surface area contributed by atoms with E-state index in [0.717, 1.165) is 17.7 Å². The average molecular weight is 402 g/mol. The molecule has 0 spiro atoms. The lowest BCUT2D eigenvalue weighted by atomic mass is 9.99. The molecule has 2 aliphatic rings. The van der Waals surface area contributed by atoms with Crippen molar-refractivity contribution in [1.29, 1.82) is 0 Å². The highest BCUT2D eigenvalue weighted by Crippen LogP contribution is 2.47. The number of fused-ring (bicyclic) bond motifs is 1. The maximum atomic E-state index is 12.8. The molecular formula is C20H23N3O2S2. The Morgan fingerprint density at radius 3 is 2.78 bits per heavy atom. The summed E-state index contributed by atoms with van der Waals surface area (Å²) < 4.78 is 0. The minimum Gasteiger partial charge on any atom is -0.315 e. The van der Waals surface area contributed by atoms with Crippen LogP contribution in [0.3, 0.4) is 0 Å². The van der Waals surface area contributed by atoms with Crippen molar-refractivity contribution >= 4 is 40.0 Å². The molecule has 1 aromatic heterocycles. The number of carbonyl (C=O) groups is 2.